The highest BCUT2D eigenvalue weighted by atomic mass is 32.2. The minimum Gasteiger partial charge on any atom is -0.497 e. The lowest BCUT2D eigenvalue weighted by Gasteiger charge is -2.45. The number of carbonyl (C=O) groups excluding carboxylic acids is 2. The topological polar surface area (TPSA) is 93.0 Å². The van der Waals surface area contributed by atoms with Gasteiger partial charge in [0.05, 0.1) is 17.7 Å². The van der Waals surface area contributed by atoms with Crippen molar-refractivity contribution in [1.82, 2.24) is 4.90 Å². The van der Waals surface area contributed by atoms with Crippen LogP contribution in [-0.2, 0) is 16.0 Å². The number of nitro benzene ring substituents is 1. The Morgan fingerprint density at radius 3 is 2.52 bits per heavy atom. The van der Waals surface area contributed by atoms with E-state index in [-0.39, 0.29) is 29.0 Å². The van der Waals surface area contributed by atoms with Gasteiger partial charge >= 0.3 is 0 Å². The summed E-state index contributed by atoms with van der Waals surface area (Å²) in [7, 11) is 3.12. The molecule has 0 unspecified atom stereocenters. The van der Waals surface area contributed by atoms with E-state index in [4.69, 9.17) is 4.74 Å². The molecular formula is C22H21N3O5S. The van der Waals surface area contributed by atoms with E-state index in [0.717, 1.165) is 11.3 Å². The first-order chi connectivity index (χ1) is 14.7. The molecule has 0 spiro atoms. The molecule has 0 aromatic heterocycles. The van der Waals surface area contributed by atoms with Crippen molar-refractivity contribution in [2.24, 2.45) is 0 Å². The molecule has 8 nitrogen and oxygen atoms in total. The second kappa shape index (κ2) is 7.42. The Labute approximate surface area is 183 Å². The highest BCUT2D eigenvalue weighted by molar-refractivity contribution is 8.01. The van der Waals surface area contributed by atoms with Crippen molar-refractivity contribution in [2.75, 3.05) is 19.1 Å². The largest absolute Gasteiger partial charge is 0.497 e. The average Bonchev–Trinajstić information content (AvgIpc) is 3.10. The minimum absolute atomic E-state index is 0.0395. The van der Waals surface area contributed by atoms with Crippen molar-refractivity contribution in [3.05, 3.63) is 76.0 Å². The number of anilines is 1. The summed E-state index contributed by atoms with van der Waals surface area (Å²) in [6.07, 6.45) is 0.258. The van der Waals surface area contributed by atoms with Crippen LogP contribution in [0.4, 0.5) is 11.4 Å². The number of rotatable bonds is 5. The second-order valence-corrected chi connectivity index (χ2v) is 9.13. The Kier molecular flexibility index (Phi) is 5.01. The van der Waals surface area contributed by atoms with E-state index in [1.54, 1.807) is 13.2 Å². The number of ether oxygens (including phenoxy) is 1. The number of likely N-dealkylation sites (N-methyl/N-ethyl adjacent to an activating group) is 1. The van der Waals surface area contributed by atoms with Gasteiger partial charge in [-0.3, -0.25) is 24.6 Å². The first-order valence-electron chi connectivity index (χ1n) is 9.60. The van der Waals surface area contributed by atoms with Gasteiger partial charge < -0.3 is 9.64 Å². The van der Waals surface area contributed by atoms with Gasteiger partial charge in [0.15, 0.2) is 4.87 Å². The molecule has 0 aliphatic carbocycles. The molecule has 0 radical (unpaired) electrons. The highest BCUT2D eigenvalue weighted by Crippen LogP contribution is 2.54. The molecular weight excluding hydrogens is 418 g/mol. The molecule has 9 heteroatoms. The van der Waals surface area contributed by atoms with Crippen LogP contribution in [0, 0.1) is 10.1 Å². The number of hydrogen-bond donors (Lipinski definition) is 0. The normalized spacial score (nSPS) is 21.1. The zero-order chi connectivity index (χ0) is 22.5. The number of benzene rings is 2. The maximum Gasteiger partial charge on any atom is 0.276 e. The summed E-state index contributed by atoms with van der Waals surface area (Å²) < 4.78 is 5.21. The Hall–Kier alpha value is -3.33. The van der Waals surface area contributed by atoms with E-state index in [1.165, 1.54) is 40.7 Å². The van der Waals surface area contributed by atoms with Gasteiger partial charge in [0.25, 0.3) is 17.5 Å². The molecule has 4 rings (SSSR count). The maximum absolute atomic E-state index is 13.5. The Bertz CT molecular complexity index is 1120. The smallest absolute Gasteiger partial charge is 0.276 e. The number of nitrogens with zero attached hydrogens (tertiary/aromatic N) is 3. The van der Waals surface area contributed by atoms with E-state index in [0.29, 0.717) is 11.3 Å². The second-order valence-electron chi connectivity index (χ2n) is 7.52. The highest BCUT2D eigenvalue weighted by Gasteiger charge is 2.59. The molecule has 1 fully saturated rings. The van der Waals surface area contributed by atoms with Gasteiger partial charge in [0, 0.05) is 30.9 Å². The Morgan fingerprint density at radius 2 is 1.90 bits per heavy atom. The Balaban J connectivity index is 1.79. The van der Waals surface area contributed by atoms with E-state index in [9.17, 15) is 19.7 Å². The quantitative estimate of drug-likeness (QED) is 0.401. The van der Waals surface area contributed by atoms with Gasteiger partial charge in [0.2, 0.25) is 0 Å². The molecule has 0 bridgehead atoms. The third-order valence-corrected chi connectivity index (χ3v) is 7.28. The van der Waals surface area contributed by atoms with Crippen LogP contribution in [0.25, 0.3) is 0 Å². The number of amides is 2. The number of non-ortho nitro benzene ring substituents is 1. The summed E-state index contributed by atoms with van der Waals surface area (Å²) in [5.41, 5.74) is 1.97. The molecule has 2 aromatic carbocycles. The summed E-state index contributed by atoms with van der Waals surface area (Å²) >= 11 is 1.36. The fourth-order valence-electron chi connectivity index (χ4n) is 4.04. The molecule has 0 saturated carbocycles. The molecule has 160 valence electrons. The zero-order valence-electron chi connectivity index (χ0n) is 17.3. The summed E-state index contributed by atoms with van der Waals surface area (Å²) in [5.74, 6) is 0.0124. The number of piperazine rings is 1. The number of thioether (sulfide) groups is 1. The molecule has 31 heavy (non-hydrogen) atoms. The average molecular weight is 439 g/mol. The van der Waals surface area contributed by atoms with Gasteiger partial charge in [-0.15, -0.1) is 11.8 Å². The van der Waals surface area contributed by atoms with Gasteiger partial charge in [-0.05, 0) is 36.2 Å². The maximum atomic E-state index is 13.5. The van der Waals surface area contributed by atoms with Crippen molar-refractivity contribution in [3.63, 3.8) is 0 Å². The van der Waals surface area contributed by atoms with E-state index in [1.807, 2.05) is 31.2 Å². The number of fused-ring (bicyclic) bond motifs is 3. The van der Waals surface area contributed by atoms with Crippen molar-refractivity contribution in [3.8, 4) is 5.75 Å². The Morgan fingerprint density at radius 1 is 1.23 bits per heavy atom. The van der Waals surface area contributed by atoms with Crippen LogP contribution in [0.1, 0.15) is 23.3 Å². The fourth-order valence-corrected chi connectivity index (χ4v) is 5.68. The van der Waals surface area contributed by atoms with E-state index in [2.05, 4.69) is 6.58 Å². The first-order valence-corrected chi connectivity index (χ1v) is 10.5. The molecule has 2 atom stereocenters. The van der Waals surface area contributed by atoms with Crippen LogP contribution in [0.5, 0.6) is 5.75 Å². The number of methoxy groups -OCH3 is 1. The van der Waals surface area contributed by atoms with E-state index < -0.39 is 15.7 Å². The minimum atomic E-state index is -1.25. The third-order valence-electron chi connectivity index (χ3n) is 5.76. The molecule has 2 heterocycles. The molecule has 2 aliphatic rings. The van der Waals surface area contributed by atoms with Crippen LogP contribution >= 0.6 is 11.8 Å². The molecule has 2 aromatic rings. The van der Waals surface area contributed by atoms with Crippen LogP contribution in [0.15, 0.2) is 54.7 Å². The summed E-state index contributed by atoms with van der Waals surface area (Å²) in [6, 6.07) is 11.9. The monoisotopic (exact) mass is 439 g/mol. The number of nitro groups is 1. The molecule has 2 amide bonds. The van der Waals surface area contributed by atoms with Crippen LogP contribution in [0.2, 0.25) is 0 Å². The lowest BCUT2D eigenvalue weighted by Crippen LogP contribution is -2.63. The lowest BCUT2D eigenvalue weighted by molar-refractivity contribution is -0.384. The van der Waals surface area contributed by atoms with Gasteiger partial charge in [-0.25, -0.2) is 0 Å². The summed E-state index contributed by atoms with van der Waals surface area (Å²) in [4.78, 5) is 39.0. The van der Waals surface area contributed by atoms with Gasteiger partial charge in [0.1, 0.15) is 11.4 Å². The molecule has 2 aliphatic heterocycles. The summed E-state index contributed by atoms with van der Waals surface area (Å²) in [6.45, 7) is 5.73. The van der Waals surface area contributed by atoms with Crippen molar-refractivity contribution < 1.29 is 19.2 Å². The summed E-state index contributed by atoms with van der Waals surface area (Å²) in [5, 5.41) is 11.2. The predicted molar refractivity (Wildman–Crippen MR) is 118 cm³/mol. The van der Waals surface area contributed by atoms with Crippen molar-refractivity contribution in [2.45, 2.75) is 23.5 Å². The standard InChI is InChI=1S/C22H21N3O5S/c1-13-20(26)24-19-11-17(25(28)29)8-5-16(19)12-22(24,21(27)23(13)3)31-14(2)15-6-9-18(30-4)10-7-15/h5-11,14H,1,12H2,2-4H3/t14-,22-/m1/s1. The predicted octanol–water partition coefficient (Wildman–Crippen LogP) is 3.67. The number of hydrogen-bond acceptors (Lipinski definition) is 6. The zero-order valence-corrected chi connectivity index (χ0v) is 18.1. The van der Waals surface area contributed by atoms with Crippen LogP contribution in [0.3, 0.4) is 0 Å². The van der Waals surface area contributed by atoms with E-state index >= 15 is 0 Å². The lowest BCUT2D eigenvalue weighted by atomic mass is 10.1. The molecule has 0 N–H and O–H groups in total. The third kappa shape index (κ3) is 3.16. The first kappa shape index (κ1) is 20.9. The van der Waals surface area contributed by atoms with Crippen LogP contribution in [-0.4, -0.2) is 40.7 Å². The van der Waals surface area contributed by atoms with Gasteiger partial charge in [-0.2, -0.15) is 0 Å². The fraction of sp³-hybridized carbons (Fsp3) is 0.273. The van der Waals surface area contributed by atoms with Crippen molar-refractivity contribution in [1.29, 1.82) is 0 Å². The SMILES string of the molecule is C=C1C(=O)N2c3cc([N+](=O)[O-])ccc3C[C@@]2(S[C@H](C)c2ccc(OC)cc2)C(=O)N1C. The van der Waals surface area contributed by atoms with Crippen molar-refractivity contribution >= 4 is 35.0 Å². The molecule has 1 saturated heterocycles. The van der Waals surface area contributed by atoms with Gasteiger partial charge in [-0.1, -0.05) is 18.7 Å². The number of carbonyl (C=O) groups is 2. The van der Waals surface area contributed by atoms with Crippen LogP contribution < -0.4 is 9.64 Å².